The van der Waals surface area contributed by atoms with Gasteiger partial charge in [-0.1, -0.05) is 28.1 Å². The van der Waals surface area contributed by atoms with Gasteiger partial charge >= 0.3 is 0 Å². The highest BCUT2D eigenvalue weighted by Gasteiger charge is 2.32. The van der Waals surface area contributed by atoms with E-state index in [9.17, 15) is 9.18 Å². The molecule has 0 aromatic heterocycles. The first kappa shape index (κ1) is 11.6. The van der Waals surface area contributed by atoms with Gasteiger partial charge in [0.25, 0.3) is 0 Å². The molecule has 1 saturated heterocycles. The third-order valence-corrected chi connectivity index (χ3v) is 3.84. The topological polar surface area (TPSA) is 20.3 Å². The smallest absolute Gasteiger partial charge is 0.236 e. The Morgan fingerprint density at radius 2 is 2.06 bits per heavy atom. The molecule has 0 N–H and O–H groups in total. The Hall–Kier alpha value is -0.900. The van der Waals surface area contributed by atoms with E-state index < -0.39 is 0 Å². The van der Waals surface area contributed by atoms with E-state index in [1.165, 1.54) is 12.1 Å². The summed E-state index contributed by atoms with van der Waals surface area (Å²) in [7, 11) is 0. The van der Waals surface area contributed by atoms with Crippen molar-refractivity contribution < 1.29 is 9.18 Å². The van der Waals surface area contributed by atoms with Gasteiger partial charge in [0, 0.05) is 6.54 Å². The van der Waals surface area contributed by atoms with Crippen LogP contribution < -0.4 is 0 Å². The second-order valence-corrected chi connectivity index (χ2v) is 5.12. The molecule has 0 radical (unpaired) electrons. The van der Waals surface area contributed by atoms with Gasteiger partial charge in [0.2, 0.25) is 5.91 Å². The minimum absolute atomic E-state index is 0.00986. The molecule has 0 aliphatic carbocycles. The fourth-order valence-corrected chi connectivity index (χ4v) is 2.44. The average Bonchev–Trinajstić information content (AvgIpc) is 2.60. The number of nitrogens with zero attached hydrogens (tertiary/aromatic N) is 1. The Bertz CT molecular complexity index is 393. The van der Waals surface area contributed by atoms with E-state index in [2.05, 4.69) is 15.9 Å². The Balaban J connectivity index is 2.16. The zero-order chi connectivity index (χ0) is 11.7. The van der Waals surface area contributed by atoms with Gasteiger partial charge in [-0.3, -0.25) is 4.79 Å². The molecule has 1 aliphatic rings. The molecule has 0 spiro atoms. The molecule has 2 nitrogen and oxygen atoms in total. The van der Waals surface area contributed by atoms with Crippen LogP contribution in [0.4, 0.5) is 4.39 Å². The van der Waals surface area contributed by atoms with Crippen molar-refractivity contribution >= 4 is 21.8 Å². The monoisotopic (exact) mass is 285 g/mol. The lowest BCUT2D eigenvalue weighted by atomic mass is 10.1. The number of benzene rings is 1. The SMILES string of the molecule is C[C@H](c1ccc(F)cc1)N1CC[C@@H](Br)C1=O. The first-order valence-corrected chi connectivity index (χ1v) is 6.21. The van der Waals surface area contributed by atoms with Crippen LogP contribution >= 0.6 is 15.9 Å². The first-order chi connectivity index (χ1) is 7.59. The maximum Gasteiger partial charge on any atom is 0.236 e. The number of likely N-dealkylation sites (tertiary alicyclic amines) is 1. The van der Waals surface area contributed by atoms with Gasteiger partial charge in [-0.15, -0.1) is 0 Å². The third-order valence-electron chi connectivity index (χ3n) is 2.99. The molecule has 1 fully saturated rings. The Kier molecular flexibility index (Phi) is 3.28. The molecule has 1 aromatic rings. The number of hydrogen-bond donors (Lipinski definition) is 0. The largest absolute Gasteiger partial charge is 0.335 e. The Labute approximate surface area is 103 Å². The maximum absolute atomic E-state index is 12.8. The van der Waals surface area contributed by atoms with Gasteiger partial charge in [0.05, 0.1) is 10.9 Å². The van der Waals surface area contributed by atoms with Crippen molar-refractivity contribution in [3.63, 3.8) is 0 Å². The zero-order valence-electron chi connectivity index (χ0n) is 8.99. The summed E-state index contributed by atoms with van der Waals surface area (Å²) in [6.45, 7) is 2.73. The van der Waals surface area contributed by atoms with Crippen molar-refractivity contribution in [2.45, 2.75) is 24.2 Å². The summed E-state index contributed by atoms with van der Waals surface area (Å²) in [5, 5.41) is 0. The molecule has 1 aliphatic heterocycles. The molecule has 0 bridgehead atoms. The fraction of sp³-hybridized carbons (Fsp3) is 0.417. The lowest BCUT2D eigenvalue weighted by Crippen LogP contribution is -2.30. The summed E-state index contributed by atoms with van der Waals surface area (Å²) in [5.41, 5.74) is 0.969. The normalized spacial score (nSPS) is 22.6. The molecule has 86 valence electrons. The van der Waals surface area contributed by atoms with Gasteiger partial charge in [0.1, 0.15) is 5.82 Å². The second kappa shape index (κ2) is 4.53. The summed E-state index contributed by atoms with van der Waals surface area (Å²) in [5.74, 6) is -0.126. The van der Waals surface area contributed by atoms with E-state index in [1.54, 1.807) is 12.1 Å². The number of alkyl halides is 1. The molecular weight excluding hydrogens is 273 g/mol. The van der Waals surface area contributed by atoms with Crippen molar-refractivity contribution in [1.82, 2.24) is 4.90 Å². The van der Waals surface area contributed by atoms with Crippen LogP contribution in [0.2, 0.25) is 0 Å². The second-order valence-electron chi connectivity index (χ2n) is 4.02. The quantitative estimate of drug-likeness (QED) is 0.765. The van der Waals surface area contributed by atoms with Crippen molar-refractivity contribution in [3.05, 3.63) is 35.6 Å². The van der Waals surface area contributed by atoms with E-state index in [1.807, 2.05) is 11.8 Å². The van der Waals surface area contributed by atoms with E-state index in [0.717, 1.165) is 18.5 Å². The van der Waals surface area contributed by atoms with Gasteiger partial charge < -0.3 is 4.90 Å². The van der Waals surface area contributed by atoms with Crippen molar-refractivity contribution in [3.8, 4) is 0 Å². The predicted octanol–water partition coefficient (Wildman–Crippen LogP) is 2.88. The molecule has 2 atom stereocenters. The maximum atomic E-state index is 12.8. The van der Waals surface area contributed by atoms with E-state index >= 15 is 0 Å². The van der Waals surface area contributed by atoms with Crippen LogP contribution in [-0.4, -0.2) is 22.2 Å². The first-order valence-electron chi connectivity index (χ1n) is 5.29. The van der Waals surface area contributed by atoms with Crippen LogP contribution in [0.1, 0.15) is 24.9 Å². The van der Waals surface area contributed by atoms with E-state index in [4.69, 9.17) is 0 Å². The molecule has 0 saturated carbocycles. The third kappa shape index (κ3) is 2.12. The number of amides is 1. The molecule has 4 heteroatoms. The lowest BCUT2D eigenvalue weighted by Gasteiger charge is -2.24. The highest BCUT2D eigenvalue weighted by molar-refractivity contribution is 9.10. The number of carbonyl (C=O) groups is 1. The van der Waals surface area contributed by atoms with Gasteiger partial charge in [-0.2, -0.15) is 0 Å². The molecule has 2 rings (SSSR count). The number of rotatable bonds is 2. The number of carbonyl (C=O) groups excluding carboxylic acids is 1. The van der Waals surface area contributed by atoms with Crippen LogP contribution in [-0.2, 0) is 4.79 Å². The summed E-state index contributed by atoms with van der Waals surface area (Å²) >= 11 is 3.35. The van der Waals surface area contributed by atoms with E-state index in [-0.39, 0.29) is 22.6 Å². The predicted molar refractivity (Wildman–Crippen MR) is 63.9 cm³/mol. The van der Waals surface area contributed by atoms with Crippen molar-refractivity contribution in [2.24, 2.45) is 0 Å². The van der Waals surface area contributed by atoms with Gasteiger partial charge in [-0.05, 0) is 31.0 Å². The fourth-order valence-electron chi connectivity index (χ4n) is 1.97. The van der Waals surface area contributed by atoms with Crippen LogP contribution in [0.3, 0.4) is 0 Å². The molecule has 0 unspecified atom stereocenters. The minimum atomic E-state index is -0.248. The summed E-state index contributed by atoms with van der Waals surface area (Å²) < 4.78 is 12.8. The molecule has 16 heavy (non-hydrogen) atoms. The summed E-state index contributed by atoms with van der Waals surface area (Å²) in [6.07, 6.45) is 0.838. The number of halogens is 2. The van der Waals surface area contributed by atoms with Crippen LogP contribution in [0.25, 0.3) is 0 Å². The van der Waals surface area contributed by atoms with Crippen LogP contribution in [0.5, 0.6) is 0 Å². The zero-order valence-corrected chi connectivity index (χ0v) is 10.6. The Morgan fingerprint density at radius 3 is 2.56 bits per heavy atom. The molecule has 1 heterocycles. The van der Waals surface area contributed by atoms with Gasteiger partial charge in [-0.25, -0.2) is 4.39 Å². The number of hydrogen-bond acceptors (Lipinski definition) is 1. The standard InChI is InChI=1S/C12H13BrFNO/c1-8(9-2-4-10(14)5-3-9)15-7-6-11(13)12(15)16/h2-5,8,11H,6-7H2,1H3/t8-,11-/m1/s1. The summed E-state index contributed by atoms with van der Waals surface area (Å²) in [6, 6.07) is 6.33. The van der Waals surface area contributed by atoms with Crippen molar-refractivity contribution in [2.75, 3.05) is 6.54 Å². The lowest BCUT2D eigenvalue weighted by molar-refractivity contribution is -0.128. The molecule has 1 aromatic carbocycles. The highest BCUT2D eigenvalue weighted by Crippen LogP contribution is 2.28. The van der Waals surface area contributed by atoms with E-state index in [0.29, 0.717) is 0 Å². The van der Waals surface area contributed by atoms with Gasteiger partial charge in [0.15, 0.2) is 0 Å². The highest BCUT2D eigenvalue weighted by atomic mass is 79.9. The molecule has 1 amide bonds. The average molecular weight is 286 g/mol. The van der Waals surface area contributed by atoms with Crippen LogP contribution in [0, 0.1) is 5.82 Å². The summed E-state index contributed by atoms with van der Waals surface area (Å²) in [4.78, 5) is 13.6. The molecular formula is C12H13BrFNO. The van der Waals surface area contributed by atoms with Crippen molar-refractivity contribution in [1.29, 1.82) is 0 Å². The minimum Gasteiger partial charge on any atom is -0.335 e. The van der Waals surface area contributed by atoms with Crippen LogP contribution in [0.15, 0.2) is 24.3 Å². The Morgan fingerprint density at radius 1 is 1.44 bits per heavy atom.